The molecule has 38 heavy (non-hydrogen) atoms. The number of fused-ring (bicyclic) bond motifs is 1. The molecular formula is C19H19N9O7S3. The second-order valence-electron chi connectivity index (χ2n) is 8.05. The van der Waals surface area contributed by atoms with E-state index in [1.54, 1.807) is 7.05 Å². The normalized spacial score (nSPS) is 19.7. The van der Waals surface area contributed by atoms with E-state index < -0.39 is 44.6 Å². The second-order valence-corrected chi connectivity index (χ2v) is 11.6. The number of hydrogen-bond acceptors (Lipinski definition) is 11. The first-order valence-electron chi connectivity index (χ1n) is 10.6. The van der Waals surface area contributed by atoms with E-state index in [1.165, 1.54) is 52.5 Å². The lowest BCUT2D eigenvalue weighted by atomic mass is 10.0. The third-order valence-corrected chi connectivity index (χ3v) is 9.16. The smallest absolute Gasteiger partial charge is 0.352 e. The van der Waals surface area contributed by atoms with Gasteiger partial charge < -0.3 is 10.4 Å². The Labute approximate surface area is 223 Å². The van der Waals surface area contributed by atoms with Gasteiger partial charge in [-0.3, -0.25) is 19.0 Å². The van der Waals surface area contributed by atoms with Crippen LogP contribution in [0.25, 0.3) is 10.4 Å². The third-order valence-electron chi connectivity index (χ3n) is 5.64. The summed E-state index contributed by atoms with van der Waals surface area (Å²) in [6.45, 7) is 0.000232. The lowest BCUT2D eigenvalue weighted by Crippen LogP contribution is -2.71. The first-order chi connectivity index (χ1) is 18.0. The second kappa shape index (κ2) is 11.0. The zero-order valence-corrected chi connectivity index (χ0v) is 21.9. The van der Waals surface area contributed by atoms with Crippen LogP contribution in [0.5, 0.6) is 0 Å². The third kappa shape index (κ3) is 5.46. The predicted octanol–water partition coefficient (Wildman–Crippen LogP) is 0.480. The van der Waals surface area contributed by atoms with Crippen molar-refractivity contribution in [3.63, 3.8) is 0 Å². The van der Waals surface area contributed by atoms with Crippen molar-refractivity contribution >= 4 is 51.4 Å². The molecule has 2 aliphatic rings. The number of azide groups is 1. The fourth-order valence-corrected chi connectivity index (χ4v) is 7.06. The molecule has 200 valence electrons. The molecule has 19 heteroatoms. The maximum absolute atomic E-state index is 13.0. The largest absolute Gasteiger partial charge is 0.477 e. The van der Waals surface area contributed by atoms with Crippen LogP contribution in [0.2, 0.25) is 0 Å². The fraction of sp³-hybridized carbons (Fsp3) is 0.368. The number of amides is 2. The van der Waals surface area contributed by atoms with Crippen LogP contribution in [-0.2, 0) is 38.1 Å². The minimum atomic E-state index is -4.94. The van der Waals surface area contributed by atoms with E-state index in [0.29, 0.717) is 16.3 Å². The highest BCUT2D eigenvalue weighted by atomic mass is 32.2. The summed E-state index contributed by atoms with van der Waals surface area (Å²) in [7, 11) is -3.31. The summed E-state index contributed by atoms with van der Waals surface area (Å²) >= 11 is 2.41. The Kier molecular flexibility index (Phi) is 7.93. The van der Waals surface area contributed by atoms with Crippen LogP contribution < -0.4 is 5.32 Å². The number of carbonyl (C=O) groups excluding carboxylic acids is 2. The van der Waals surface area contributed by atoms with Gasteiger partial charge in [-0.1, -0.05) is 41.1 Å². The number of aliphatic carboxylic acids is 1. The highest BCUT2D eigenvalue weighted by molar-refractivity contribution is 8.01. The molecule has 0 bridgehead atoms. The van der Waals surface area contributed by atoms with Gasteiger partial charge in [-0.25, -0.2) is 9.48 Å². The molecule has 2 aromatic rings. The lowest BCUT2D eigenvalue weighted by molar-refractivity contribution is -0.150. The Morgan fingerprint density at radius 1 is 1.37 bits per heavy atom. The van der Waals surface area contributed by atoms with Gasteiger partial charge >= 0.3 is 5.97 Å². The molecule has 2 aliphatic heterocycles. The maximum atomic E-state index is 13.0. The summed E-state index contributed by atoms with van der Waals surface area (Å²) in [5.74, 6) is -2.76. The Morgan fingerprint density at radius 3 is 2.66 bits per heavy atom. The number of β-lactam (4-membered cyclic amide) rings is 1. The van der Waals surface area contributed by atoms with E-state index in [0.717, 1.165) is 4.90 Å². The maximum Gasteiger partial charge on any atom is 0.352 e. The van der Waals surface area contributed by atoms with Crippen molar-refractivity contribution in [2.24, 2.45) is 12.2 Å². The predicted molar refractivity (Wildman–Crippen MR) is 133 cm³/mol. The summed E-state index contributed by atoms with van der Waals surface area (Å²) in [6, 6.07) is 4.23. The first-order valence-corrected chi connectivity index (χ1v) is 14.2. The van der Waals surface area contributed by atoms with E-state index in [2.05, 4.69) is 30.9 Å². The number of carboxylic acids is 1. The van der Waals surface area contributed by atoms with Gasteiger partial charge in [0.25, 0.3) is 16.0 Å². The number of rotatable bonds is 10. The molecule has 0 aliphatic carbocycles. The van der Waals surface area contributed by atoms with Crippen molar-refractivity contribution in [2.75, 3.05) is 11.5 Å². The number of aromatic nitrogens is 4. The molecule has 3 N–H and O–H groups in total. The topological polar surface area (TPSA) is 233 Å². The Hall–Kier alpha value is -3.64. The molecule has 3 unspecified atom stereocenters. The number of nitrogens with zero attached hydrogens (tertiary/aromatic N) is 8. The quantitative estimate of drug-likeness (QED) is 0.0868. The van der Waals surface area contributed by atoms with E-state index in [1.807, 2.05) is 0 Å². The Balaban J connectivity index is 1.51. The van der Waals surface area contributed by atoms with E-state index in [9.17, 15) is 32.5 Å². The highest BCUT2D eigenvalue weighted by Crippen LogP contribution is 2.41. The van der Waals surface area contributed by atoms with Gasteiger partial charge in [0.15, 0.2) is 5.25 Å². The van der Waals surface area contributed by atoms with Gasteiger partial charge in [0.2, 0.25) is 11.1 Å². The van der Waals surface area contributed by atoms with E-state index in [-0.39, 0.29) is 29.3 Å². The average Bonchev–Trinajstić information content (AvgIpc) is 3.28. The molecule has 16 nitrogen and oxygen atoms in total. The van der Waals surface area contributed by atoms with Crippen LogP contribution in [-0.4, -0.2) is 83.9 Å². The van der Waals surface area contributed by atoms with Crippen LogP contribution in [0, 0.1) is 0 Å². The fourth-order valence-electron chi connectivity index (χ4n) is 3.89. The summed E-state index contributed by atoms with van der Waals surface area (Å²) in [4.78, 5) is 41.6. The number of aryl methyl sites for hydroxylation is 1. The number of carboxylic acid groups (broad SMARTS) is 1. The van der Waals surface area contributed by atoms with Gasteiger partial charge in [0.05, 0.1) is 6.54 Å². The molecule has 0 saturated carbocycles. The number of nitrogens with one attached hydrogen (secondary N) is 1. The molecular weight excluding hydrogens is 562 g/mol. The molecule has 1 aromatic carbocycles. The zero-order valence-electron chi connectivity index (χ0n) is 19.4. The lowest BCUT2D eigenvalue weighted by Gasteiger charge is -2.49. The van der Waals surface area contributed by atoms with E-state index >= 15 is 0 Å². The SMILES string of the molecule is Cn1nnnc1SCC1=C(C(=O)O)N2C(=O)C(NC(=O)C(c3ccc(CN=[N+]=[N-])cc3)S(=O)(=O)O)C2SC1. The molecule has 1 fully saturated rings. The van der Waals surface area contributed by atoms with E-state index in [4.69, 9.17) is 5.53 Å². The summed E-state index contributed by atoms with van der Waals surface area (Å²) < 4.78 is 35.4. The molecule has 1 aromatic heterocycles. The minimum Gasteiger partial charge on any atom is -0.477 e. The molecule has 1 saturated heterocycles. The van der Waals surface area contributed by atoms with Crippen LogP contribution in [0.4, 0.5) is 0 Å². The summed E-state index contributed by atoms with van der Waals surface area (Å²) in [6.07, 6.45) is 0. The molecule has 2 amide bonds. The number of hydrogen-bond donors (Lipinski definition) is 3. The molecule has 4 rings (SSSR count). The van der Waals surface area contributed by atoms with Gasteiger partial charge in [-0.2, -0.15) is 8.42 Å². The van der Waals surface area contributed by atoms with Gasteiger partial charge in [0.1, 0.15) is 17.1 Å². The number of tetrazole rings is 1. The number of thioether (sulfide) groups is 2. The van der Waals surface area contributed by atoms with Crippen molar-refractivity contribution < 1.29 is 32.5 Å². The number of benzene rings is 1. The zero-order chi connectivity index (χ0) is 27.6. The van der Waals surface area contributed by atoms with Crippen molar-refractivity contribution in [2.45, 2.75) is 28.4 Å². The van der Waals surface area contributed by atoms with Gasteiger partial charge in [-0.05, 0) is 32.7 Å². The number of carbonyl (C=O) groups is 3. The highest BCUT2D eigenvalue weighted by Gasteiger charge is 2.55. The summed E-state index contributed by atoms with van der Waals surface area (Å²) in [5, 5.41) is 24.2. The van der Waals surface area contributed by atoms with Gasteiger partial charge in [-0.15, -0.1) is 16.9 Å². The Morgan fingerprint density at radius 2 is 2.08 bits per heavy atom. The van der Waals surface area contributed by atoms with Crippen LogP contribution in [0.3, 0.4) is 0 Å². The van der Waals surface area contributed by atoms with Gasteiger partial charge in [0, 0.05) is 23.5 Å². The molecule has 0 spiro atoms. The average molecular weight is 582 g/mol. The molecule has 3 heterocycles. The van der Waals surface area contributed by atoms with Crippen LogP contribution in [0.1, 0.15) is 16.4 Å². The summed E-state index contributed by atoms with van der Waals surface area (Å²) in [5.41, 5.74) is 9.14. The minimum absolute atomic E-state index is 0.000232. The van der Waals surface area contributed by atoms with Crippen LogP contribution >= 0.6 is 23.5 Å². The monoisotopic (exact) mass is 581 g/mol. The first kappa shape index (κ1) is 27.4. The van der Waals surface area contributed by atoms with Crippen molar-refractivity contribution in [1.29, 1.82) is 0 Å². The van der Waals surface area contributed by atoms with Crippen molar-refractivity contribution in [3.05, 3.63) is 57.1 Å². The standard InChI is InChI=1S/C19H19N9O7S3/c1-27-19(23-25-26-27)37-8-11-7-36-17-12(16(30)28(17)13(11)18(31)32)22-15(29)14(38(33,34)35)10-4-2-9(3-5-10)6-21-24-20/h2-5,12,14,17H,6-8H2,1H3,(H,22,29)(H,31,32)(H,33,34,35). The van der Waals surface area contributed by atoms with Crippen molar-refractivity contribution in [1.82, 2.24) is 30.4 Å². The molecule has 3 atom stereocenters. The molecule has 0 radical (unpaired) electrons. The van der Waals surface area contributed by atoms with Crippen molar-refractivity contribution in [3.8, 4) is 0 Å². The van der Waals surface area contributed by atoms with Crippen LogP contribution in [0.15, 0.2) is 45.8 Å². The Bertz CT molecular complexity index is 1470.